The molecular formula is C15H30N2O2. The van der Waals surface area contributed by atoms with Crippen LogP contribution in [0.3, 0.4) is 0 Å². The fraction of sp³-hybridized carbons (Fsp3) is 0.867. The van der Waals surface area contributed by atoms with E-state index in [1.807, 2.05) is 18.9 Å². The van der Waals surface area contributed by atoms with Crippen molar-refractivity contribution in [2.45, 2.75) is 52.4 Å². The Morgan fingerprint density at radius 2 is 1.53 bits per heavy atom. The molecule has 0 atom stereocenters. The third-order valence-electron chi connectivity index (χ3n) is 3.52. The van der Waals surface area contributed by atoms with E-state index in [9.17, 15) is 9.59 Å². The smallest absolute Gasteiger partial charge is 0.222 e. The summed E-state index contributed by atoms with van der Waals surface area (Å²) in [5, 5.41) is 0. The Morgan fingerprint density at radius 1 is 0.895 bits per heavy atom. The molecule has 0 bridgehead atoms. The van der Waals surface area contributed by atoms with E-state index < -0.39 is 0 Å². The van der Waals surface area contributed by atoms with Crippen molar-refractivity contribution in [2.75, 3.05) is 33.7 Å². The first-order valence-corrected chi connectivity index (χ1v) is 7.45. The molecule has 0 rings (SSSR count). The Balaban J connectivity index is 3.59. The van der Waals surface area contributed by atoms with Crippen LogP contribution in [0.1, 0.15) is 52.4 Å². The fourth-order valence-electron chi connectivity index (χ4n) is 1.75. The minimum absolute atomic E-state index is 0.214. The molecule has 0 unspecified atom stereocenters. The maximum absolute atomic E-state index is 11.8. The standard InChI is InChI=1S/C15H30N2O2/c1-5-14(18)10-8-7-9-11-15(19)17(4)13-12-16(3)6-2/h5-13H2,1-4H3. The van der Waals surface area contributed by atoms with E-state index in [0.29, 0.717) is 25.0 Å². The number of hydrogen-bond acceptors (Lipinski definition) is 3. The Labute approximate surface area is 118 Å². The van der Waals surface area contributed by atoms with Gasteiger partial charge in [-0.3, -0.25) is 9.59 Å². The van der Waals surface area contributed by atoms with Gasteiger partial charge in [0.25, 0.3) is 0 Å². The van der Waals surface area contributed by atoms with Crippen LogP contribution in [-0.2, 0) is 9.59 Å². The number of likely N-dealkylation sites (N-methyl/N-ethyl adjacent to an activating group) is 2. The van der Waals surface area contributed by atoms with Crippen molar-refractivity contribution < 1.29 is 9.59 Å². The first-order valence-electron chi connectivity index (χ1n) is 7.45. The van der Waals surface area contributed by atoms with E-state index in [1.54, 1.807) is 0 Å². The summed E-state index contributed by atoms with van der Waals surface area (Å²) in [7, 11) is 3.93. The molecule has 0 aliphatic carbocycles. The minimum Gasteiger partial charge on any atom is -0.344 e. The van der Waals surface area contributed by atoms with Crippen molar-refractivity contribution >= 4 is 11.7 Å². The second-order valence-electron chi connectivity index (χ2n) is 5.16. The fourth-order valence-corrected chi connectivity index (χ4v) is 1.75. The van der Waals surface area contributed by atoms with Gasteiger partial charge in [-0.2, -0.15) is 0 Å². The van der Waals surface area contributed by atoms with E-state index in [4.69, 9.17) is 0 Å². The average molecular weight is 270 g/mol. The molecule has 0 aromatic rings. The number of carbonyl (C=O) groups is 2. The Kier molecular flexibility index (Phi) is 10.5. The van der Waals surface area contributed by atoms with E-state index in [0.717, 1.165) is 38.9 Å². The lowest BCUT2D eigenvalue weighted by Crippen LogP contribution is -2.34. The summed E-state index contributed by atoms with van der Waals surface area (Å²) in [5.41, 5.74) is 0. The molecule has 0 radical (unpaired) electrons. The maximum Gasteiger partial charge on any atom is 0.222 e. The number of unbranched alkanes of at least 4 members (excludes halogenated alkanes) is 2. The molecule has 0 fully saturated rings. The third kappa shape index (κ3) is 9.65. The monoisotopic (exact) mass is 270 g/mol. The lowest BCUT2D eigenvalue weighted by molar-refractivity contribution is -0.130. The lowest BCUT2D eigenvalue weighted by Gasteiger charge is -2.21. The van der Waals surface area contributed by atoms with E-state index in [-0.39, 0.29) is 5.91 Å². The number of nitrogens with zero attached hydrogens (tertiary/aromatic N) is 2. The van der Waals surface area contributed by atoms with E-state index in [2.05, 4.69) is 18.9 Å². The molecule has 0 aliphatic rings. The minimum atomic E-state index is 0.214. The number of ketones is 1. The van der Waals surface area contributed by atoms with Crippen molar-refractivity contribution in [3.63, 3.8) is 0 Å². The highest BCUT2D eigenvalue weighted by atomic mass is 16.2. The van der Waals surface area contributed by atoms with Gasteiger partial charge in [-0.25, -0.2) is 0 Å². The molecule has 0 aromatic heterocycles. The van der Waals surface area contributed by atoms with Gasteiger partial charge in [-0.1, -0.05) is 20.3 Å². The molecule has 0 saturated heterocycles. The van der Waals surface area contributed by atoms with Crippen LogP contribution < -0.4 is 0 Å². The quantitative estimate of drug-likeness (QED) is 0.541. The summed E-state index contributed by atoms with van der Waals surface area (Å²) in [4.78, 5) is 27.0. The molecule has 1 amide bonds. The zero-order valence-electron chi connectivity index (χ0n) is 13.1. The van der Waals surface area contributed by atoms with Gasteiger partial charge in [0, 0.05) is 39.4 Å². The predicted molar refractivity (Wildman–Crippen MR) is 79.2 cm³/mol. The second-order valence-corrected chi connectivity index (χ2v) is 5.16. The number of rotatable bonds is 11. The Morgan fingerprint density at radius 3 is 2.11 bits per heavy atom. The average Bonchev–Trinajstić information content (AvgIpc) is 2.43. The van der Waals surface area contributed by atoms with Crippen molar-refractivity contribution in [3.8, 4) is 0 Å². The van der Waals surface area contributed by atoms with Gasteiger partial charge in [0.15, 0.2) is 0 Å². The van der Waals surface area contributed by atoms with Gasteiger partial charge in [0.1, 0.15) is 5.78 Å². The molecule has 0 N–H and O–H groups in total. The summed E-state index contributed by atoms with van der Waals surface area (Å²) >= 11 is 0. The van der Waals surface area contributed by atoms with Gasteiger partial charge >= 0.3 is 0 Å². The Bertz CT molecular complexity index is 267. The maximum atomic E-state index is 11.8. The first-order chi connectivity index (χ1) is 9.01. The lowest BCUT2D eigenvalue weighted by atomic mass is 10.1. The van der Waals surface area contributed by atoms with Crippen molar-refractivity contribution in [1.82, 2.24) is 9.80 Å². The highest BCUT2D eigenvalue weighted by Gasteiger charge is 2.08. The molecule has 0 heterocycles. The van der Waals surface area contributed by atoms with Gasteiger partial charge in [-0.05, 0) is 26.4 Å². The molecule has 112 valence electrons. The Hall–Kier alpha value is -0.900. The van der Waals surface area contributed by atoms with Gasteiger partial charge in [0.2, 0.25) is 5.91 Å². The number of hydrogen-bond donors (Lipinski definition) is 0. The summed E-state index contributed by atoms with van der Waals surface area (Å²) in [6, 6.07) is 0. The van der Waals surface area contributed by atoms with Crippen LogP contribution in [0.15, 0.2) is 0 Å². The van der Waals surface area contributed by atoms with Gasteiger partial charge < -0.3 is 9.80 Å². The van der Waals surface area contributed by atoms with Crippen LogP contribution in [0.4, 0.5) is 0 Å². The van der Waals surface area contributed by atoms with Crippen molar-refractivity contribution in [3.05, 3.63) is 0 Å². The zero-order valence-corrected chi connectivity index (χ0v) is 13.1. The van der Waals surface area contributed by atoms with Gasteiger partial charge in [0.05, 0.1) is 0 Å². The van der Waals surface area contributed by atoms with Crippen molar-refractivity contribution in [1.29, 1.82) is 0 Å². The molecule has 0 spiro atoms. The summed E-state index contributed by atoms with van der Waals surface area (Å²) in [6.45, 7) is 6.72. The molecule has 19 heavy (non-hydrogen) atoms. The first kappa shape index (κ1) is 18.1. The van der Waals surface area contributed by atoms with Crippen molar-refractivity contribution in [2.24, 2.45) is 0 Å². The van der Waals surface area contributed by atoms with Crippen LogP contribution in [0.2, 0.25) is 0 Å². The van der Waals surface area contributed by atoms with Crippen LogP contribution in [0.25, 0.3) is 0 Å². The summed E-state index contributed by atoms with van der Waals surface area (Å²) in [5.74, 6) is 0.539. The normalized spacial score (nSPS) is 10.8. The summed E-state index contributed by atoms with van der Waals surface area (Å²) < 4.78 is 0. The topological polar surface area (TPSA) is 40.6 Å². The molecule has 4 heteroatoms. The summed E-state index contributed by atoms with van der Waals surface area (Å²) in [6.07, 6.45) is 4.69. The molecular weight excluding hydrogens is 240 g/mol. The second kappa shape index (κ2) is 11.0. The SMILES string of the molecule is CCC(=O)CCCCCC(=O)N(C)CCN(C)CC. The van der Waals surface area contributed by atoms with Crippen LogP contribution >= 0.6 is 0 Å². The van der Waals surface area contributed by atoms with E-state index >= 15 is 0 Å². The molecule has 0 aliphatic heterocycles. The molecule has 0 saturated carbocycles. The molecule has 4 nitrogen and oxygen atoms in total. The number of carbonyl (C=O) groups excluding carboxylic acids is 2. The number of Topliss-reactive ketones (excluding diaryl/α,β-unsaturated/α-hetero) is 1. The predicted octanol–water partition coefficient (Wildman–Crippen LogP) is 2.33. The van der Waals surface area contributed by atoms with Crippen LogP contribution in [0.5, 0.6) is 0 Å². The highest BCUT2D eigenvalue weighted by Crippen LogP contribution is 2.06. The number of amides is 1. The third-order valence-corrected chi connectivity index (χ3v) is 3.52. The van der Waals surface area contributed by atoms with Gasteiger partial charge in [-0.15, -0.1) is 0 Å². The zero-order chi connectivity index (χ0) is 14.7. The molecule has 0 aromatic carbocycles. The highest BCUT2D eigenvalue weighted by molar-refractivity contribution is 5.78. The van der Waals surface area contributed by atoms with Crippen LogP contribution in [-0.4, -0.2) is 55.2 Å². The van der Waals surface area contributed by atoms with Crippen LogP contribution in [0, 0.1) is 0 Å². The largest absolute Gasteiger partial charge is 0.344 e. The van der Waals surface area contributed by atoms with E-state index in [1.165, 1.54) is 0 Å².